The van der Waals surface area contributed by atoms with Crippen LogP contribution < -0.4 is 0 Å². The molecular weight excluding hydrogens is 335 g/mol. The van der Waals surface area contributed by atoms with Crippen molar-refractivity contribution in [2.45, 2.75) is 19.4 Å². The van der Waals surface area contributed by atoms with Crippen molar-refractivity contribution in [2.24, 2.45) is 0 Å². The van der Waals surface area contributed by atoms with Crippen molar-refractivity contribution < 1.29 is 13.9 Å². The molecule has 3 heterocycles. The number of aromatic nitrogens is 3. The van der Waals surface area contributed by atoms with Crippen LogP contribution in [0, 0.1) is 12.7 Å². The number of amides is 1. The number of carbonyl (C=O) groups is 1. The van der Waals surface area contributed by atoms with Crippen molar-refractivity contribution in [3.05, 3.63) is 65.5 Å². The fraction of sp³-hybridized carbons (Fsp3) is 0.316. The highest BCUT2D eigenvalue weighted by atomic mass is 19.1. The maximum Gasteiger partial charge on any atom is 0.272 e. The molecule has 4 rings (SSSR count). The zero-order chi connectivity index (χ0) is 18.1. The number of ether oxygens (including phenoxy) is 1. The Morgan fingerprint density at radius 2 is 2.27 bits per heavy atom. The highest BCUT2D eigenvalue weighted by molar-refractivity contribution is 5.94. The Bertz CT molecular complexity index is 956. The Labute approximate surface area is 150 Å². The average molecular weight is 354 g/mol. The first-order valence-electron chi connectivity index (χ1n) is 8.57. The van der Waals surface area contributed by atoms with Crippen molar-refractivity contribution in [1.82, 2.24) is 19.3 Å². The molecule has 1 aliphatic rings. The second kappa shape index (κ2) is 6.84. The molecule has 1 atom stereocenters. The molecule has 1 amide bonds. The number of morpholine rings is 1. The lowest BCUT2D eigenvalue weighted by Crippen LogP contribution is -2.46. The molecule has 134 valence electrons. The summed E-state index contributed by atoms with van der Waals surface area (Å²) in [5.41, 5.74) is 2.04. The van der Waals surface area contributed by atoms with E-state index in [1.54, 1.807) is 33.8 Å². The monoisotopic (exact) mass is 354 g/mol. The summed E-state index contributed by atoms with van der Waals surface area (Å²) in [5.74, 6) is 0.161. The molecule has 6 nitrogen and oxygen atoms in total. The minimum Gasteiger partial charge on any atom is -0.374 e. The summed E-state index contributed by atoms with van der Waals surface area (Å²) in [6.45, 7) is 3.25. The summed E-state index contributed by atoms with van der Waals surface area (Å²) in [4.78, 5) is 23.4. The van der Waals surface area contributed by atoms with E-state index in [2.05, 4.69) is 9.97 Å². The van der Waals surface area contributed by atoms with E-state index in [1.807, 2.05) is 13.0 Å². The summed E-state index contributed by atoms with van der Waals surface area (Å²) in [6, 6.07) is 8.25. The zero-order valence-electron chi connectivity index (χ0n) is 14.4. The van der Waals surface area contributed by atoms with Crippen LogP contribution in [0.1, 0.15) is 21.7 Å². The number of fused-ring (bicyclic) bond motifs is 1. The summed E-state index contributed by atoms with van der Waals surface area (Å²) in [7, 11) is 0. The van der Waals surface area contributed by atoms with Gasteiger partial charge in [-0.05, 0) is 30.7 Å². The molecule has 0 N–H and O–H groups in total. The molecule has 1 aliphatic heterocycles. The van der Waals surface area contributed by atoms with Crippen LogP contribution in [0.4, 0.5) is 4.39 Å². The van der Waals surface area contributed by atoms with Crippen molar-refractivity contribution in [2.75, 3.05) is 19.7 Å². The third kappa shape index (κ3) is 3.17. The zero-order valence-corrected chi connectivity index (χ0v) is 14.4. The minimum atomic E-state index is -0.264. The van der Waals surface area contributed by atoms with Gasteiger partial charge in [0.2, 0.25) is 5.78 Å². The van der Waals surface area contributed by atoms with E-state index in [-0.39, 0.29) is 17.8 Å². The SMILES string of the molecule is Cc1nc2ncccn2c1C(=O)N1CCO[C@@H](Cc2cccc(F)c2)C1. The standard InChI is InChI=1S/C19H19FN4O2/c1-13-17(24-7-3-6-21-19(24)22-13)18(25)23-8-9-26-16(12-23)11-14-4-2-5-15(20)10-14/h2-7,10,16H,8-9,11-12H2,1H3/t16-/m0/s1. The van der Waals surface area contributed by atoms with E-state index >= 15 is 0 Å². The van der Waals surface area contributed by atoms with Crippen LogP contribution in [-0.4, -0.2) is 51.0 Å². The highest BCUT2D eigenvalue weighted by Crippen LogP contribution is 2.17. The lowest BCUT2D eigenvalue weighted by atomic mass is 10.1. The molecule has 0 spiro atoms. The van der Waals surface area contributed by atoms with Gasteiger partial charge in [-0.2, -0.15) is 0 Å². The third-order valence-corrected chi connectivity index (χ3v) is 4.56. The highest BCUT2D eigenvalue weighted by Gasteiger charge is 2.28. The predicted molar refractivity (Wildman–Crippen MR) is 93.5 cm³/mol. The fourth-order valence-corrected chi connectivity index (χ4v) is 3.36. The Kier molecular flexibility index (Phi) is 4.38. The van der Waals surface area contributed by atoms with Crippen LogP contribution in [0.2, 0.25) is 0 Å². The summed E-state index contributed by atoms with van der Waals surface area (Å²) in [5, 5.41) is 0. The summed E-state index contributed by atoms with van der Waals surface area (Å²) in [6.07, 6.45) is 3.85. The minimum absolute atomic E-state index is 0.0875. The van der Waals surface area contributed by atoms with E-state index in [0.29, 0.717) is 43.3 Å². The van der Waals surface area contributed by atoms with Gasteiger partial charge < -0.3 is 9.64 Å². The molecule has 7 heteroatoms. The van der Waals surface area contributed by atoms with Gasteiger partial charge in [0.15, 0.2) is 0 Å². The van der Waals surface area contributed by atoms with Gasteiger partial charge in [0.05, 0.1) is 18.4 Å². The number of imidazole rings is 1. The van der Waals surface area contributed by atoms with Gasteiger partial charge >= 0.3 is 0 Å². The number of halogens is 1. The van der Waals surface area contributed by atoms with E-state index in [4.69, 9.17) is 4.74 Å². The van der Waals surface area contributed by atoms with Crippen LogP contribution in [-0.2, 0) is 11.2 Å². The first-order valence-corrected chi connectivity index (χ1v) is 8.57. The molecule has 3 aromatic rings. The molecule has 0 saturated carbocycles. The lowest BCUT2D eigenvalue weighted by Gasteiger charge is -2.33. The predicted octanol–water partition coefficient (Wildman–Crippen LogP) is 2.26. The maximum atomic E-state index is 13.4. The second-order valence-electron chi connectivity index (χ2n) is 6.41. The first-order chi connectivity index (χ1) is 12.6. The number of rotatable bonds is 3. The van der Waals surface area contributed by atoms with Gasteiger partial charge in [0.1, 0.15) is 11.5 Å². The Hall–Kier alpha value is -2.80. The number of benzene rings is 1. The molecule has 0 aliphatic carbocycles. The first kappa shape index (κ1) is 16.7. The van der Waals surface area contributed by atoms with Gasteiger partial charge in [-0.25, -0.2) is 14.4 Å². The Balaban J connectivity index is 1.53. The second-order valence-corrected chi connectivity index (χ2v) is 6.41. The number of nitrogens with zero attached hydrogens (tertiary/aromatic N) is 4. The molecule has 2 aromatic heterocycles. The molecule has 0 bridgehead atoms. The van der Waals surface area contributed by atoms with Crippen LogP contribution in [0.3, 0.4) is 0 Å². The van der Waals surface area contributed by atoms with Gasteiger partial charge in [0, 0.05) is 31.9 Å². The molecule has 1 saturated heterocycles. The fourth-order valence-electron chi connectivity index (χ4n) is 3.36. The van der Waals surface area contributed by atoms with E-state index in [0.717, 1.165) is 5.56 Å². The van der Waals surface area contributed by atoms with Crippen molar-refractivity contribution in [1.29, 1.82) is 0 Å². The van der Waals surface area contributed by atoms with Gasteiger partial charge in [-0.1, -0.05) is 12.1 Å². The number of carbonyl (C=O) groups excluding carboxylic acids is 1. The Morgan fingerprint density at radius 3 is 3.12 bits per heavy atom. The lowest BCUT2D eigenvalue weighted by molar-refractivity contribution is -0.0211. The van der Waals surface area contributed by atoms with Crippen LogP contribution in [0.15, 0.2) is 42.7 Å². The van der Waals surface area contributed by atoms with E-state index in [1.165, 1.54) is 12.1 Å². The van der Waals surface area contributed by atoms with Crippen LogP contribution in [0.5, 0.6) is 0 Å². The number of hydrogen-bond acceptors (Lipinski definition) is 4. The van der Waals surface area contributed by atoms with E-state index in [9.17, 15) is 9.18 Å². The third-order valence-electron chi connectivity index (χ3n) is 4.56. The Morgan fingerprint density at radius 1 is 1.38 bits per heavy atom. The number of hydrogen-bond donors (Lipinski definition) is 0. The molecule has 1 fully saturated rings. The van der Waals surface area contributed by atoms with Gasteiger partial charge in [0.25, 0.3) is 5.91 Å². The van der Waals surface area contributed by atoms with Gasteiger partial charge in [-0.3, -0.25) is 9.20 Å². The molecular formula is C19H19FN4O2. The maximum absolute atomic E-state index is 13.4. The smallest absolute Gasteiger partial charge is 0.272 e. The normalized spacial score (nSPS) is 17.6. The molecule has 1 aromatic carbocycles. The summed E-state index contributed by atoms with van der Waals surface area (Å²) < 4.78 is 20.9. The van der Waals surface area contributed by atoms with Crippen LogP contribution in [0.25, 0.3) is 5.78 Å². The molecule has 26 heavy (non-hydrogen) atoms. The molecule has 0 unspecified atom stereocenters. The van der Waals surface area contributed by atoms with E-state index < -0.39 is 0 Å². The van der Waals surface area contributed by atoms with Gasteiger partial charge in [-0.15, -0.1) is 0 Å². The summed E-state index contributed by atoms with van der Waals surface area (Å²) >= 11 is 0. The van der Waals surface area contributed by atoms with Crippen LogP contribution >= 0.6 is 0 Å². The topological polar surface area (TPSA) is 59.7 Å². The quantitative estimate of drug-likeness (QED) is 0.724. The van der Waals surface area contributed by atoms with Crippen molar-refractivity contribution in [3.63, 3.8) is 0 Å². The van der Waals surface area contributed by atoms with Crippen molar-refractivity contribution >= 4 is 11.7 Å². The largest absolute Gasteiger partial charge is 0.374 e. The van der Waals surface area contributed by atoms with Crippen molar-refractivity contribution in [3.8, 4) is 0 Å². The number of aryl methyl sites for hydroxylation is 1. The molecule has 0 radical (unpaired) electrons. The average Bonchev–Trinajstić information content (AvgIpc) is 2.97.